The summed E-state index contributed by atoms with van der Waals surface area (Å²) in [5.74, 6) is 0.422. The van der Waals surface area contributed by atoms with E-state index >= 15 is 0 Å². The van der Waals surface area contributed by atoms with Crippen molar-refractivity contribution in [2.24, 2.45) is 0 Å². The van der Waals surface area contributed by atoms with Crippen LogP contribution < -0.4 is 0 Å². The second-order valence-corrected chi connectivity index (χ2v) is 6.48. The average molecular weight is 355 g/mol. The van der Waals surface area contributed by atoms with Gasteiger partial charge in [0, 0.05) is 10.6 Å². The van der Waals surface area contributed by atoms with E-state index in [1.165, 1.54) is 0 Å². The van der Waals surface area contributed by atoms with Gasteiger partial charge in [-0.25, -0.2) is 0 Å². The molecule has 1 saturated carbocycles. The van der Waals surface area contributed by atoms with Gasteiger partial charge in [0.1, 0.15) is 0 Å². The van der Waals surface area contributed by atoms with Gasteiger partial charge in [-0.1, -0.05) is 59.2 Å². The van der Waals surface area contributed by atoms with E-state index in [-0.39, 0.29) is 18.5 Å². The van der Waals surface area contributed by atoms with Crippen LogP contribution in [0.15, 0.2) is 59.1 Å². The lowest BCUT2D eigenvalue weighted by Crippen LogP contribution is -2.23. The van der Waals surface area contributed by atoms with Gasteiger partial charge in [0.05, 0.1) is 5.41 Å². The van der Waals surface area contributed by atoms with E-state index in [4.69, 9.17) is 20.9 Å². The molecular weight excluding hydrogens is 340 g/mol. The first kappa shape index (κ1) is 15.8. The second kappa shape index (κ2) is 6.33. The Kier molecular flexibility index (Phi) is 4.01. The lowest BCUT2D eigenvalue weighted by molar-refractivity contribution is -0.148. The van der Waals surface area contributed by atoms with Crippen LogP contribution in [0.2, 0.25) is 5.02 Å². The highest BCUT2D eigenvalue weighted by atomic mass is 35.5. The number of rotatable bonds is 5. The Morgan fingerprint density at radius 2 is 1.96 bits per heavy atom. The van der Waals surface area contributed by atoms with E-state index in [0.29, 0.717) is 10.8 Å². The molecule has 0 N–H and O–H groups in total. The zero-order chi connectivity index (χ0) is 17.3. The topological polar surface area (TPSA) is 65.2 Å². The highest BCUT2D eigenvalue weighted by Crippen LogP contribution is 2.49. The van der Waals surface area contributed by atoms with E-state index in [9.17, 15) is 4.79 Å². The molecule has 5 nitrogen and oxygen atoms in total. The fourth-order valence-electron chi connectivity index (χ4n) is 2.82. The summed E-state index contributed by atoms with van der Waals surface area (Å²) < 4.78 is 10.6. The molecule has 0 saturated heterocycles. The molecule has 0 radical (unpaired) electrons. The fraction of sp³-hybridized carbons (Fsp3) is 0.211. The Morgan fingerprint density at radius 3 is 2.68 bits per heavy atom. The number of aromatic nitrogens is 2. The summed E-state index contributed by atoms with van der Waals surface area (Å²) in [4.78, 5) is 16.7. The highest BCUT2D eigenvalue weighted by Gasteiger charge is 2.52. The van der Waals surface area contributed by atoms with E-state index < -0.39 is 5.41 Å². The molecule has 25 heavy (non-hydrogen) atoms. The number of carbonyl (C=O) groups excluding carboxylic acids is 1. The highest BCUT2D eigenvalue weighted by molar-refractivity contribution is 6.30. The number of carbonyl (C=O) groups is 1. The molecule has 3 aromatic rings. The number of nitrogens with zero attached hydrogens (tertiary/aromatic N) is 2. The number of esters is 1. The normalized spacial score (nSPS) is 14.9. The van der Waals surface area contributed by atoms with Crippen molar-refractivity contribution in [1.29, 1.82) is 0 Å². The van der Waals surface area contributed by atoms with Crippen LogP contribution in [-0.2, 0) is 21.6 Å². The SMILES string of the molecule is O=C(OCc1nc(-c2cccc(Cl)c2)no1)C1(c2ccccc2)CC1. The van der Waals surface area contributed by atoms with Crippen molar-refractivity contribution in [3.63, 3.8) is 0 Å². The van der Waals surface area contributed by atoms with Crippen LogP contribution in [0.5, 0.6) is 0 Å². The molecule has 1 aliphatic carbocycles. The van der Waals surface area contributed by atoms with Gasteiger partial charge < -0.3 is 9.26 Å². The number of halogens is 1. The summed E-state index contributed by atoms with van der Waals surface area (Å²) in [6.45, 7) is -0.0407. The zero-order valence-corrected chi connectivity index (χ0v) is 14.1. The molecule has 1 aromatic heterocycles. The summed E-state index contributed by atoms with van der Waals surface area (Å²) in [7, 11) is 0. The molecule has 0 aliphatic heterocycles. The van der Waals surface area contributed by atoms with Crippen molar-refractivity contribution in [1.82, 2.24) is 10.1 Å². The predicted molar refractivity (Wildman–Crippen MR) is 91.9 cm³/mol. The molecule has 126 valence electrons. The van der Waals surface area contributed by atoms with Gasteiger partial charge in [0.2, 0.25) is 5.82 Å². The Labute approximate surface area is 149 Å². The Morgan fingerprint density at radius 1 is 1.16 bits per heavy atom. The largest absolute Gasteiger partial charge is 0.455 e. The average Bonchev–Trinajstić information content (AvgIpc) is 3.32. The Hall–Kier alpha value is -2.66. The number of hydrogen-bond acceptors (Lipinski definition) is 5. The van der Waals surface area contributed by atoms with E-state index in [0.717, 1.165) is 24.0 Å². The molecule has 0 amide bonds. The minimum atomic E-state index is -0.517. The lowest BCUT2D eigenvalue weighted by Gasteiger charge is -2.13. The van der Waals surface area contributed by atoms with Crippen LogP contribution >= 0.6 is 11.6 Å². The molecule has 0 bridgehead atoms. The Balaban J connectivity index is 1.43. The first-order valence-corrected chi connectivity index (χ1v) is 8.36. The van der Waals surface area contributed by atoms with E-state index in [2.05, 4.69) is 10.1 Å². The van der Waals surface area contributed by atoms with E-state index in [1.807, 2.05) is 42.5 Å². The van der Waals surface area contributed by atoms with Gasteiger partial charge >= 0.3 is 5.97 Å². The van der Waals surface area contributed by atoms with Crippen molar-refractivity contribution in [2.45, 2.75) is 24.9 Å². The predicted octanol–water partition coefficient (Wildman–Crippen LogP) is 4.17. The third-order valence-electron chi connectivity index (χ3n) is 4.34. The van der Waals surface area contributed by atoms with Crippen molar-refractivity contribution < 1.29 is 14.1 Å². The van der Waals surface area contributed by atoms with Crippen LogP contribution in [0.4, 0.5) is 0 Å². The van der Waals surface area contributed by atoms with Crippen LogP contribution in [0.3, 0.4) is 0 Å². The molecule has 1 aliphatic rings. The summed E-state index contributed by atoms with van der Waals surface area (Å²) in [5.41, 5.74) is 1.22. The van der Waals surface area contributed by atoms with Crippen LogP contribution in [0.1, 0.15) is 24.3 Å². The first-order valence-electron chi connectivity index (χ1n) is 7.99. The summed E-state index contributed by atoms with van der Waals surface area (Å²) >= 11 is 5.96. The third kappa shape index (κ3) is 3.15. The van der Waals surface area contributed by atoms with Crippen molar-refractivity contribution >= 4 is 17.6 Å². The molecule has 0 unspecified atom stereocenters. The molecule has 6 heteroatoms. The second-order valence-electron chi connectivity index (χ2n) is 6.05. The van der Waals surface area contributed by atoms with Crippen molar-refractivity contribution in [2.75, 3.05) is 0 Å². The molecule has 1 fully saturated rings. The molecule has 4 rings (SSSR count). The van der Waals surface area contributed by atoms with Gasteiger partial charge in [-0.15, -0.1) is 0 Å². The van der Waals surface area contributed by atoms with Crippen LogP contribution in [-0.4, -0.2) is 16.1 Å². The van der Waals surface area contributed by atoms with Gasteiger partial charge in [-0.05, 0) is 30.5 Å². The van der Waals surface area contributed by atoms with Crippen LogP contribution in [0.25, 0.3) is 11.4 Å². The summed E-state index contributed by atoms with van der Waals surface area (Å²) in [6.07, 6.45) is 1.60. The minimum Gasteiger partial charge on any atom is -0.455 e. The van der Waals surface area contributed by atoms with Crippen molar-refractivity contribution in [3.8, 4) is 11.4 Å². The van der Waals surface area contributed by atoms with Gasteiger partial charge in [0.25, 0.3) is 5.89 Å². The molecule has 0 spiro atoms. The summed E-state index contributed by atoms with van der Waals surface area (Å²) in [6, 6.07) is 16.9. The molecule has 1 heterocycles. The molecule has 2 aromatic carbocycles. The third-order valence-corrected chi connectivity index (χ3v) is 4.58. The van der Waals surface area contributed by atoms with Gasteiger partial charge in [-0.3, -0.25) is 4.79 Å². The maximum atomic E-state index is 12.5. The number of ether oxygens (including phenoxy) is 1. The number of hydrogen-bond donors (Lipinski definition) is 0. The Bertz CT molecular complexity index is 904. The number of benzene rings is 2. The molecular formula is C19H15ClN2O3. The van der Waals surface area contributed by atoms with Crippen LogP contribution in [0, 0.1) is 0 Å². The maximum absolute atomic E-state index is 12.5. The van der Waals surface area contributed by atoms with Gasteiger partial charge in [-0.2, -0.15) is 4.98 Å². The van der Waals surface area contributed by atoms with Gasteiger partial charge in [0.15, 0.2) is 6.61 Å². The minimum absolute atomic E-state index is 0.0407. The summed E-state index contributed by atoms with van der Waals surface area (Å²) in [5, 5.41) is 4.50. The van der Waals surface area contributed by atoms with E-state index in [1.54, 1.807) is 12.1 Å². The standard InChI is InChI=1S/C19H15ClN2O3/c20-15-8-4-5-13(11-15)17-21-16(25-22-17)12-24-18(23)19(9-10-19)14-6-2-1-3-7-14/h1-8,11H,9-10,12H2. The smallest absolute Gasteiger partial charge is 0.317 e. The van der Waals surface area contributed by atoms with Crippen molar-refractivity contribution in [3.05, 3.63) is 71.1 Å². The zero-order valence-electron chi connectivity index (χ0n) is 13.3. The lowest BCUT2D eigenvalue weighted by atomic mass is 9.96. The monoisotopic (exact) mass is 354 g/mol. The maximum Gasteiger partial charge on any atom is 0.317 e. The quantitative estimate of drug-likeness (QED) is 0.643. The molecule has 0 atom stereocenters. The fourth-order valence-corrected chi connectivity index (χ4v) is 3.01. The first-order chi connectivity index (χ1) is 12.2.